The van der Waals surface area contributed by atoms with E-state index in [0.29, 0.717) is 30.3 Å². The molecule has 0 spiro atoms. The lowest BCUT2D eigenvalue weighted by molar-refractivity contribution is -0.114. The SMILES string of the molecule is COC[C@@H]1Cc2cc(O)c(O)cc2C(c2cc(OC)c(OC)c(OC)c2)C1C=O. The minimum atomic E-state index is -0.394. The van der Waals surface area contributed by atoms with Crippen LogP contribution in [0.5, 0.6) is 28.7 Å². The Hall–Kier alpha value is -2.93. The van der Waals surface area contributed by atoms with Gasteiger partial charge < -0.3 is 34.0 Å². The molecule has 3 atom stereocenters. The third-order valence-electron chi connectivity index (χ3n) is 5.57. The average Bonchev–Trinajstić information content (AvgIpc) is 2.73. The predicted octanol–water partition coefficient (Wildman–Crippen LogP) is 2.89. The summed E-state index contributed by atoms with van der Waals surface area (Å²) in [5.41, 5.74) is 2.42. The summed E-state index contributed by atoms with van der Waals surface area (Å²) in [4.78, 5) is 12.2. The standard InChI is InChI=1S/C22H26O7/c1-26-11-14-5-12-6-17(24)18(25)9-15(12)21(16(14)10-23)13-7-19(27-2)22(29-4)20(8-13)28-3/h6-10,14,16,21,24-25H,5,11H2,1-4H3/t14-,16?,21?/m0/s1. The Morgan fingerprint density at radius 1 is 0.966 bits per heavy atom. The van der Waals surface area contributed by atoms with Crippen molar-refractivity contribution in [1.29, 1.82) is 0 Å². The lowest BCUT2D eigenvalue weighted by atomic mass is 9.67. The van der Waals surface area contributed by atoms with Gasteiger partial charge in [-0.2, -0.15) is 0 Å². The number of aldehydes is 1. The monoisotopic (exact) mass is 402 g/mol. The van der Waals surface area contributed by atoms with Gasteiger partial charge in [-0.15, -0.1) is 0 Å². The molecule has 0 heterocycles. The fraction of sp³-hybridized carbons (Fsp3) is 0.409. The summed E-state index contributed by atoms with van der Waals surface area (Å²) in [7, 11) is 6.19. The minimum absolute atomic E-state index is 0.0852. The number of benzene rings is 2. The number of hydrogen-bond acceptors (Lipinski definition) is 7. The highest BCUT2D eigenvalue weighted by Gasteiger charge is 2.39. The fourth-order valence-corrected chi connectivity index (χ4v) is 4.26. The molecule has 2 aromatic carbocycles. The van der Waals surface area contributed by atoms with Crippen LogP contribution in [0.3, 0.4) is 0 Å². The maximum absolute atomic E-state index is 12.2. The van der Waals surface area contributed by atoms with E-state index in [2.05, 4.69) is 0 Å². The van der Waals surface area contributed by atoms with Gasteiger partial charge in [0.25, 0.3) is 0 Å². The number of carbonyl (C=O) groups is 1. The molecule has 0 radical (unpaired) electrons. The van der Waals surface area contributed by atoms with Gasteiger partial charge in [-0.05, 0) is 53.3 Å². The maximum Gasteiger partial charge on any atom is 0.203 e. The quantitative estimate of drug-likeness (QED) is 0.543. The molecule has 0 amide bonds. The van der Waals surface area contributed by atoms with Crippen LogP contribution in [0.4, 0.5) is 0 Å². The third kappa shape index (κ3) is 3.70. The van der Waals surface area contributed by atoms with Crippen molar-refractivity contribution in [3.63, 3.8) is 0 Å². The Morgan fingerprint density at radius 2 is 1.59 bits per heavy atom. The summed E-state index contributed by atoms with van der Waals surface area (Å²) in [6.45, 7) is 0.394. The van der Waals surface area contributed by atoms with E-state index in [0.717, 1.165) is 23.0 Å². The molecule has 3 rings (SSSR count). The van der Waals surface area contributed by atoms with Gasteiger partial charge in [0.15, 0.2) is 23.0 Å². The number of hydrogen-bond donors (Lipinski definition) is 2. The van der Waals surface area contributed by atoms with Crippen molar-refractivity contribution in [2.24, 2.45) is 11.8 Å². The fourth-order valence-electron chi connectivity index (χ4n) is 4.26. The molecule has 2 N–H and O–H groups in total. The Balaban J connectivity index is 2.25. The van der Waals surface area contributed by atoms with Crippen molar-refractivity contribution in [2.45, 2.75) is 12.3 Å². The van der Waals surface area contributed by atoms with E-state index in [-0.39, 0.29) is 23.3 Å². The first-order valence-electron chi connectivity index (χ1n) is 9.27. The van der Waals surface area contributed by atoms with Crippen LogP contribution in [-0.4, -0.2) is 51.5 Å². The van der Waals surface area contributed by atoms with E-state index in [4.69, 9.17) is 18.9 Å². The summed E-state index contributed by atoms with van der Waals surface area (Å²) in [6.07, 6.45) is 1.49. The van der Waals surface area contributed by atoms with Gasteiger partial charge in [-0.3, -0.25) is 0 Å². The van der Waals surface area contributed by atoms with Gasteiger partial charge in [0.2, 0.25) is 5.75 Å². The number of ether oxygens (including phenoxy) is 4. The Kier molecular flexibility index (Phi) is 6.17. The second-order valence-electron chi connectivity index (χ2n) is 7.11. The number of rotatable bonds is 7. The van der Waals surface area contributed by atoms with Gasteiger partial charge >= 0.3 is 0 Å². The second kappa shape index (κ2) is 8.61. The van der Waals surface area contributed by atoms with Crippen LogP contribution < -0.4 is 14.2 Å². The van der Waals surface area contributed by atoms with Crippen molar-refractivity contribution >= 4 is 6.29 Å². The van der Waals surface area contributed by atoms with E-state index in [1.54, 1.807) is 13.2 Å². The summed E-state index contributed by atoms with van der Waals surface area (Å²) in [5, 5.41) is 20.1. The molecule has 2 aromatic rings. The first kappa shape index (κ1) is 20.8. The molecule has 0 bridgehead atoms. The zero-order chi connectivity index (χ0) is 21.1. The number of phenols is 2. The van der Waals surface area contributed by atoms with Crippen LogP contribution in [0.25, 0.3) is 0 Å². The van der Waals surface area contributed by atoms with E-state index in [1.807, 2.05) is 12.1 Å². The molecule has 1 aliphatic rings. The number of phenolic OH excluding ortho intramolecular Hbond substituents is 2. The third-order valence-corrected chi connectivity index (χ3v) is 5.57. The van der Waals surface area contributed by atoms with E-state index in [1.165, 1.54) is 27.4 Å². The van der Waals surface area contributed by atoms with Crippen LogP contribution >= 0.6 is 0 Å². The van der Waals surface area contributed by atoms with Gasteiger partial charge in [-0.1, -0.05) is 0 Å². The largest absolute Gasteiger partial charge is 0.504 e. The van der Waals surface area contributed by atoms with Gasteiger partial charge in [0.05, 0.1) is 27.9 Å². The van der Waals surface area contributed by atoms with E-state index in [9.17, 15) is 15.0 Å². The van der Waals surface area contributed by atoms with Crippen LogP contribution in [0.2, 0.25) is 0 Å². The van der Waals surface area contributed by atoms with Crippen LogP contribution in [0.1, 0.15) is 22.6 Å². The van der Waals surface area contributed by atoms with Crippen LogP contribution in [0.15, 0.2) is 24.3 Å². The van der Waals surface area contributed by atoms with Crippen molar-refractivity contribution in [1.82, 2.24) is 0 Å². The van der Waals surface area contributed by atoms with Gasteiger partial charge in [0, 0.05) is 18.9 Å². The highest BCUT2D eigenvalue weighted by Crippen LogP contribution is 2.49. The molecule has 7 heteroatoms. The molecule has 1 aliphatic carbocycles. The molecule has 2 unspecified atom stereocenters. The Bertz CT molecular complexity index is 868. The highest BCUT2D eigenvalue weighted by molar-refractivity contribution is 5.65. The minimum Gasteiger partial charge on any atom is -0.504 e. The van der Waals surface area contributed by atoms with Crippen molar-refractivity contribution < 1.29 is 34.0 Å². The van der Waals surface area contributed by atoms with E-state index >= 15 is 0 Å². The zero-order valence-electron chi connectivity index (χ0n) is 17.0. The molecule has 0 saturated heterocycles. The second-order valence-corrected chi connectivity index (χ2v) is 7.11. The normalized spacial score (nSPS) is 20.6. The highest BCUT2D eigenvalue weighted by atomic mass is 16.5. The number of aromatic hydroxyl groups is 2. The molecule has 29 heavy (non-hydrogen) atoms. The van der Waals surface area contributed by atoms with E-state index < -0.39 is 5.92 Å². The molecule has 0 saturated carbocycles. The first-order chi connectivity index (χ1) is 14.0. The van der Waals surface area contributed by atoms with Crippen molar-refractivity contribution in [3.8, 4) is 28.7 Å². The number of fused-ring (bicyclic) bond motifs is 1. The first-order valence-corrected chi connectivity index (χ1v) is 9.27. The molecule has 0 fully saturated rings. The number of carbonyl (C=O) groups excluding carboxylic acids is 1. The van der Waals surface area contributed by atoms with Gasteiger partial charge in [-0.25, -0.2) is 0 Å². The summed E-state index contributed by atoms with van der Waals surface area (Å²) < 4.78 is 21.7. The smallest absolute Gasteiger partial charge is 0.203 e. The maximum atomic E-state index is 12.2. The average molecular weight is 402 g/mol. The summed E-state index contributed by atoms with van der Waals surface area (Å²) >= 11 is 0. The van der Waals surface area contributed by atoms with Crippen molar-refractivity contribution in [2.75, 3.05) is 35.0 Å². The molecule has 0 aromatic heterocycles. The lowest BCUT2D eigenvalue weighted by Crippen LogP contribution is -2.34. The molecule has 0 aliphatic heterocycles. The van der Waals surface area contributed by atoms with Crippen LogP contribution in [-0.2, 0) is 16.0 Å². The Labute approximate surface area is 169 Å². The molecular formula is C22H26O7. The summed E-state index contributed by atoms with van der Waals surface area (Å²) in [5.74, 6) is 0.141. The molecule has 156 valence electrons. The molecule has 7 nitrogen and oxygen atoms in total. The number of methoxy groups -OCH3 is 4. The topological polar surface area (TPSA) is 94.5 Å². The van der Waals surface area contributed by atoms with Crippen LogP contribution in [0, 0.1) is 11.8 Å². The lowest BCUT2D eigenvalue weighted by Gasteiger charge is -2.37. The Morgan fingerprint density at radius 3 is 2.10 bits per heavy atom. The zero-order valence-corrected chi connectivity index (χ0v) is 17.0. The van der Waals surface area contributed by atoms with Crippen molar-refractivity contribution in [3.05, 3.63) is 41.0 Å². The van der Waals surface area contributed by atoms with Gasteiger partial charge in [0.1, 0.15) is 6.29 Å². The molecular weight excluding hydrogens is 376 g/mol. The summed E-state index contributed by atoms with van der Waals surface area (Å²) in [6, 6.07) is 6.70. The predicted molar refractivity (Wildman–Crippen MR) is 106 cm³/mol.